The van der Waals surface area contributed by atoms with Gasteiger partial charge in [-0.3, -0.25) is 0 Å². The average molecular weight is 336 g/mol. The molecule has 0 aliphatic rings. The van der Waals surface area contributed by atoms with Gasteiger partial charge in [0.25, 0.3) is 0 Å². The van der Waals surface area contributed by atoms with Crippen molar-refractivity contribution in [3.63, 3.8) is 0 Å². The minimum absolute atomic E-state index is 0.801. The number of halogens is 2. The van der Waals surface area contributed by atoms with E-state index >= 15 is 0 Å². The average Bonchev–Trinajstić information content (AvgIpc) is 2.15. The molecule has 0 amide bonds. The van der Waals surface area contributed by atoms with E-state index < -0.39 is 0 Å². The van der Waals surface area contributed by atoms with Gasteiger partial charge in [0, 0.05) is 9.80 Å². The molecule has 0 unspecified atom stereocenters. The van der Waals surface area contributed by atoms with Gasteiger partial charge in [0.1, 0.15) is 5.75 Å². The molecule has 1 rings (SSSR count). The Bertz CT molecular complexity index is 300. The molecule has 0 aromatic heterocycles. The van der Waals surface area contributed by atoms with Gasteiger partial charge in [-0.15, -0.1) is 0 Å². The van der Waals surface area contributed by atoms with Crippen molar-refractivity contribution in [2.45, 2.75) is 26.7 Å². The lowest BCUT2D eigenvalue weighted by molar-refractivity contribution is 0.306. The predicted molar refractivity (Wildman–Crippen MR) is 72.1 cm³/mol. The molecular formula is C12H16Br2O. The molecule has 0 aliphatic carbocycles. The quantitative estimate of drug-likeness (QED) is 0.563. The van der Waals surface area contributed by atoms with E-state index in [1.165, 1.54) is 11.1 Å². The van der Waals surface area contributed by atoms with Crippen molar-refractivity contribution in [3.8, 4) is 5.75 Å². The summed E-state index contributed by atoms with van der Waals surface area (Å²) in [7, 11) is 0. The zero-order chi connectivity index (χ0) is 11.3. The molecule has 0 spiro atoms. The first-order chi connectivity index (χ1) is 7.15. The first-order valence-electron chi connectivity index (χ1n) is 5.10. The van der Waals surface area contributed by atoms with Crippen molar-refractivity contribution in [1.29, 1.82) is 0 Å². The van der Waals surface area contributed by atoms with Gasteiger partial charge in [-0.05, 0) is 49.9 Å². The fourth-order valence-electron chi connectivity index (χ4n) is 1.50. The summed E-state index contributed by atoms with van der Waals surface area (Å²) < 4.78 is 6.90. The maximum absolute atomic E-state index is 5.78. The summed E-state index contributed by atoms with van der Waals surface area (Å²) in [5.74, 6) is 1.03. The molecule has 1 nitrogen and oxygen atoms in total. The predicted octanol–water partition coefficient (Wildman–Crippen LogP) is 4.62. The van der Waals surface area contributed by atoms with Gasteiger partial charge < -0.3 is 4.74 Å². The highest BCUT2D eigenvalue weighted by atomic mass is 79.9. The lowest BCUT2D eigenvalue weighted by atomic mass is 10.1. The highest BCUT2D eigenvalue weighted by Gasteiger charge is 2.04. The van der Waals surface area contributed by atoms with Crippen molar-refractivity contribution >= 4 is 31.9 Å². The third kappa shape index (κ3) is 4.15. The molecule has 1 aromatic rings. The van der Waals surface area contributed by atoms with Crippen molar-refractivity contribution < 1.29 is 4.74 Å². The van der Waals surface area contributed by atoms with Crippen LogP contribution in [0.15, 0.2) is 16.6 Å². The summed E-state index contributed by atoms with van der Waals surface area (Å²) in [5, 5.41) is 1.05. The smallest absolute Gasteiger partial charge is 0.125 e. The molecule has 3 heteroatoms. The Morgan fingerprint density at radius 3 is 2.27 bits per heavy atom. The van der Waals surface area contributed by atoms with Gasteiger partial charge in [-0.1, -0.05) is 31.9 Å². The first kappa shape index (κ1) is 13.0. The molecule has 0 atom stereocenters. The lowest BCUT2D eigenvalue weighted by Gasteiger charge is -2.12. The summed E-state index contributed by atoms with van der Waals surface area (Å²) in [5.41, 5.74) is 2.39. The van der Waals surface area contributed by atoms with Crippen LogP contribution in [0.25, 0.3) is 0 Å². The second kappa shape index (κ2) is 6.54. The van der Waals surface area contributed by atoms with E-state index in [1.807, 2.05) is 0 Å². The standard InChI is InChI=1S/C12H16Br2O/c1-9-7-11(14)8-10(2)12(9)15-6-4-3-5-13/h7-8H,3-6H2,1-2H3. The van der Waals surface area contributed by atoms with E-state index in [4.69, 9.17) is 4.74 Å². The highest BCUT2D eigenvalue weighted by Crippen LogP contribution is 2.27. The van der Waals surface area contributed by atoms with Crippen LogP contribution in [0.2, 0.25) is 0 Å². The molecule has 15 heavy (non-hydrogen) atoms. The lowest BCUT2D eigenvalue weighted by Crippen LogP contribution is -2.01. The maximum atomic E-state index is 5.78. The SMILES string of the molecule is Cc1cc(Br)cc(C)c1OCCCCBr. The maximum Gasteiger partial charge on any atom is 0.125 e. The fourth-order valence-corrected chi connectivity index (χ4v) is 2.58. The van der Waals surface area contributed by atoms with Gasteiger partial charge >= 0.3 is 0 Å². The van der Waals surface area contributed by atoms with Crippen LogP contribution < -0.4 is 4.74 Å². The molecule has 0 bridgehead atoms. The summed E-state index contributed by atoms with van der Waals surface area (Å²) >= 11 is 6.89. The van der Waals surface area contributed by atoms with Crippen molar-refractivity contribution in [1.82, 2.24) is 0 Å². The number of unbranched alkanes of at least 4 members (excludes halogenated alkanes) is 1. The van der Waals surface area contributed by atoms with E-state index in [2.05, 4.69) is 57.8 Å². The molecule has 0 heterocycles. The zero-order valence-corrected chi connectivity index (χ0v) is 12.3. The Kier molecular flexibility index (Phi) is 5.69. The summed E-state index contributed by atoms with van der Waals surface area (Å²) in [6, 6.07) is 4.18. The monoisotopic (exact) mass is 334 g/mol. The number of alkyl halides is 1. The second-order valence-electron chi connectivity index (χ2n) is 3.61. The Labute approximate surface area is 108 Å². The summed E-state index contributed by atoms with van der Waals surface area (Å²) in [6.07, 6.45) is 2.26. The topological polar surface area (TPSA) is 9.23 Å². The minimum Gasteiger partial charge on any atom is -0.493 e. The Morgan fingerprint density at radius 2 is 1.73 bits per heavy atom. The van der Waals surface area contributed by atoms with Crippen molar-refractivity contribution in [3.05, 3.63) is 27.7 Å². The molecule has 0 N–H and O–H groups in total. The number of hydrogen-bond acceptors (Lipinski definition) is 1. The van der Waals surface area contributed by atoms with E-state index in [-0.39, 0.29) is 0 Å². The number of benzene rings is 1. The van der Waals surface area contributed by atoms with Crippen LogP contribution in [-0.4, -0.2) is 11.9 Å². The van der Waals surface area contributed by atoms with Crippen LogP contribution in [0.4, 0.5) is 0 Å². The molecule has 0 fully saturated rings. The van der Waals surface area contributed by atoms with Gasteiger partial charge in [-0.25, -0.2) is 0 Å². The van der Waals surface area contributed by atoms with Crippen LogP contribution in [0.1, 0.15) is 24.0 Å². The van der Waals surface area contributed by atoms with Crippen molar-refractivity contribution in [2.75, 3.05) is 11.9 Å². The third-order valence-corrected chi connectivity index (χ3v) is 3.22. The van der Waals surface area contributed by atoms with E-state index in [0.717, 1.165) is 35.0 Å². The fraction of sp³-hybridized carbons (Fsp3) is 0.500. The normalized spacial score (nSPS) is 10.4. The second-order valence-corrected chi connectivity index (χ2v) is 5.32. The third-order valence-electron chi connectivity index (χ3n) is 2.20. The van der Waals surface area contributed by atoms with Gasteiger partial charge in [0.05, 0.1) is 6.61 Å². The van der Waals surface area contributed by atoms with Gasteiger partial charge in [0.2, 0.25) is 0 Å². The van der Waals surface area contributed by atoms with Crippen LogP contribution in [0.3, 0.4) is 0 Å². The van der Waals surface area contributed by atoms with Gasteiger partial charge in [-0.2, -0.15) is 0 Å². The molecule has 0 aliphatic heterocycles. The Balaban J connectivity index is 2.60. The summed E-state index contributed by atoms with van der Waals surface area (Å²) in [4.78, 5) is 0. The molecule has 0 radical (unpaired) electrons. The summed E-state index contributed by atoms with van der Waals surface area (Å²) in [6.45, 7) is 4.96. The number of rotatable bonds is 5. The number of ether oxygens (including phenoxy) is 1. The van der Waals surface area contributed by atoms with Crippen molar-refractivity contribution in [2.24, 2.45) is 0 Å². The molecule has 0 saturated heterocycles. The Hall–Kier alpha value is -0.0200. The highest BCUT2D eigenvalue weighted by molar-refractivity contribution is 9.10. The molecular weight excluding hydrogens is 320 g/mol. The minimum atomic E-state index is 0.801. The van der Waals surface area contributed by atoms with Crippen LogP contribution in [0.5, 0.6) is 5.75 Å². The van der Waals surface area contributed by atoms with E-state index in [0.29, 0.717) is 0 Å². The molecule has 84 valence electrons. The van der Waals surface area contributed by atoms with E-state index in [9.17, 15) is 0 Å². The number of hydrogen-bond donors (Lipinski definition) is 0. The van der Waals surface area contributed by atoms with Crippen LogP contribution in [-0.2, 0) is 0 Å². The Morgan fingerprint density at radius 1 is 1.13 bits per heavy atom. The van der Waals surface area contributed by atoms with Crippen LogP contribution in [0, 0.1) is 13.8 Å². The zero-order valence-electron chi connectivity index (χ0n) is 9.15. The largest absolute Gasteiger partial charge is 0.493 e. The molecule has 1 aromatic carbocycles. The molecule has 0 saturated carbocycles. The number of aryl methyl sites for hydroxylation is 2. The van der Waals surface area contributed by atoms with Gasteiger partial charge in [0.15, 0.2) is 0 Å². The van der Waals surface area contributed by atoms with E-state index in [1.54, 1.807) is 0 Å². The van der Waals surface area contributed by atoms with Crippen LogP contribution >= 0.6 is 31.9 Å². The first-order valence-corrected chi connectivity index (χ1v) is 7.02.